The van der Waals surface area contributed by atoms with Crippen LogP contribution in [0.2, 0.25) is 15.1 Å². The monoisotopic (exact) mass is 368 g/mol. The molecule has 0 bridgehead atoms. The number of nitrogens with one attached hydrogen (secondary N) is 1. The molecule has 7 heteroatoms. The Hall–Kier alpha value is -1.75. The van der Waals surface area contributed by atoms with E-state index in [2.05, 4.69) is 5.32 Å². The Kier molecular flexibility index (Phi) is 4.48. The minimum absolute atomic E-state index is 0.0308. The van der Waals surface area contributed by atoms with Gasteiger partial charge in [-0.2, -0.15) is 0 Å². The van der Waals surface area contributed by atoms with Gasteiger partial charge >= 0.3 is 0 Å². The van der Waals surface area contributed by atoms with E-state index in [0.717, 1.165) is 4.90 Å². The number of anilines is 2. The lowest BCUT2D eigenvalue weighted by atomic mass is 10.2. The van der Waals surface area contributed by atoms with Gasteiger partial charge in [-0.15, -0.1) is 0 Å². The van der Waals surface area contributed by atoms with Gasteiger partial charge in [0, 0.05) is 5.02 Å². The third kappa shape index (κ3) is 3.15. The summed E-state index contributed by atoms with van der Waals surface area (Å²) in [6.45, 7) is 0. The van der Waals surface area contributed by atoms with Gasteiger partial charge in [-0.1, -0.05) is 46.9 Å². The number of para-hydroxylation sites is 1. The number of carbonyl (C=O) groups excluding carboxylic acids is 2. The van der Waals surface area contributed by atoms with Crippen LogP contribution in [0.5, 0.6) is 0 Å². The molecule has 0 saturated carbocycles. The molecule has 1 fully saturated rings. The van der Waals surface area contributed by atoms with Gasteiger partial charge in [-0.3, -0.25) is 9.59 Å². The normalized spacial score (nSPS) is 17.7. The van der Waals surface area contributed by atoms with Crippen molar-refractivity contribution in [3.63, 3.8) is 0 Å². The molecule has 1 unspecified atom stereocenters. The molecular formula is C16H11Cl3N2O2. The molecule has 1 heterocycles. The van der Waals surface area contributed by atoms with Gasteiger partial charge in [0.2, 0.25) is 5.91 Å². The number of hydrogen-bond acceptors (Lipinski definition) is 3. The van der Waals surface area contributed by atoms with E-state index < -0.39 is 6.04 Å². The van der Waals surface area contributed by atoms with Gasteiger partial charge < -0.3 is 5.32 Å². The van der Waals surface area contributed by atoms with E-state index in [4.69, 9.17) is 34.8 Å². The Labute approximate surface area is 147 Å². The molecule has 1 aliphatic rings. The first-order valence-electron chi connectivity index (χ1n) is 6.80. The van der Waals surface area contributed by atoms with Crippen molar-refractivity contribution in [3.8, 4) is 0 Å². The molecule has 23 heavy (non-hydrogen) atoms. The van der Waals surface area contributed by atoms with Gasteiger partial charge in [-0.05, 0) is 30.3 Å². The first-order valence-corrected chi connectivity index (χ1v) is 7.93. The average Bonchev–Trinajstić information content (AvgIpc) is 2.77. The summed E-state index contributed by atoms with van der Waals surface area (Å²) in [5.74, 6) is -0.706. The minimum atomic E-state index is -0.686. The van der Waals surface area contributed by atoms with E-state index in [1.807, 2.05) is 0 Å². The highest BCUT2D eigenvalue weighted by atomic mass is 35.5. The van der Waals surface area contributed by atoms with Crippen LogP contribution in [0.3, 0.4) is 0 Å². The molecule has 2 aromatic rings. The summed E-state index contributed by atoms with van der Waals surface area (Å²) < 4.78 is 0. The van der Waals surface area contributed by atoms with Gasteiger partial charge in [0.1, 0.15) is 6.04 Å². The third-order valence-electron chi connectivity index (χ3n) is 3.50. The Morgan fingerprint density at radius 3 is 2.43 bits per heavy atom. The minimum Gasteiger partial charge on any atom is -0.372 e. The Morgan fingerprint density at radius 1 is 1.00 bits per heavy atom. The van der Waals surface area contributed by atoms with Crippen molar-refractivity contribution in [2.24, 2.45) is 0 Å². The molecule has 1 atom stereocenters. The van der Waals surface area contributed by atoms with E-state index in [1.165, 1.54) is 6.07 Å². The summed E-state index contributed by atoms with van der Waals surface area (Å²) >= 11 is 18.0. The predicted molar refractivity (Wildman–Crippen MR) is 92.4 cm³/mol. The van der Waals surface area contributed by atoms with Crippen LogP contribution in [0.1, 0.15) is 6.42 Å². The molecule has 1 N–H and O–H groups in total. The summed E-state index contributed by atoms with van der Waals surface area (Å²) in [5, 5.41) is 4.17. The largest absolute Gasteiger partial charge is 0.372 e. The number of halogens is 3. The molecule has 4 nitrogen and oxygen atoms in total. The highest BCUT2D eigenvalue weighted by Gasteiger charge is 2.40. The van der Waals surface area contributed by atoms with Crippen molar-refractivity contribution >= 4 is 58.0 Å². The standard InChI is InChI=1S/C16H11Cl3N2O2/c17-9-5-6-14(11(19)7-9)21-15(22)8-13(16(21)23)20-12-4-2-1-3-10(12)18/h1-7,13,20H,8H2. The number of amides is 2. The fraction of sp³-hybridized carbons (Fsp3) is 0.125. The number of rotatable bonds is 3. The summed E-state index contributed by atoms with van der Waals surface area (Å²) in [5.41, 5.74) is 0.930. The molecule has 118 valence electrons. The quantitative estimate of drug-likeness (QED) is 0.816. The molecule has 3 rings (SSSR count). The highest BCUT2D eigenvalue weighted by molar-refractivity contribution is 6.38. The zero-order valence-corrected chi connectivity index (χ0v) is 14.0. The number of imide groups is 1. The van der Waals surface area contributed by atoms with Gasteiger partial charge in [0.05, 0.1) is 27.8 Å². The van der Waals surface area contributed by atoms with Crippen molar-refractivity contribution in [1.82, 2.24) is 0 Å². The van der Waals surface area contributed by atoms with Crippen molar-refractivity contribution in [1.29, 1.82) is 0 Å². The lowest BCUT2D eigenvalue weighted by molar-refractivity contribution is -0.121. The van der Waals surface area contributed by atoms with Crippen molar-refractivity contribution in [2.75, 3.05) is 10.2 Å². The maximum Gasteiger partial charge on any atom is 0.256 e. The predicted octanol–water partition coefficient (Wildman–Crippen LogP) is 4.39. The van der Waals surface area contributed by atoms with E-state index in [-0.39, 0.29) is 23.3 Å². The highest BCUT2D eigenvalue weighted by Crippen LogP contribution is 2.33. The summed E-state index contributed by atoms with van der Waals surface area (Å²) in [4.78, 5) is 25.9. The van der Waals surface area contributed by atoms with Crippen LogP contribution >= 0.6 is 34.8 Å². The zero-order valence-electron chi connectivity index (χ0n) is 11.7. The summed E-state index contributed by atoms with van der Waals surface area (Å²) in [6.07, 6.45) is 0.0308. The second kappa shape index (κ2) is 6.40. The van der Waals surface area contributed by atoms with Crippen molar-refractivity contribution in [3.05, 3.63) is 57.5 Å². The van der Waals surface area contributed by atoms with Crippen LogP contribution in [0.15, 0.2) is 42.5 Å². The first-order chi connectivity index (χ1) is 11.0. The molecule has 0 aliphatic carbocycles. The fourth-order valence-corrected chi connectivity index (χ4v) is 3.11. The maximum atomic E-state index is 12.6. The number of carbonyl (C=O) groups is 2. The lowest BCUT2D eigenvalue weighted by Gasteiger charge is -2.17. The smallest absolute Gasteiger partial charge is 0.256 e. The Balaban J connectivity index is 1.87. The second-order valence-corrected chi connectivity index (χ2v) is 6.29. The molecule has 0 aromatic heterocycles. The lowest BCUT2D eigenvalue weighted by Crippen LogP contribution is -2.35. The molecule has 1 aliphatic heterocycles. The molecule has 0 spiro atoms. The van der Waals surface area contributed by atoms with Gasteiger partial charge in [0.25, 0.3) is 5.91 Å². The van der Waals surface area contributed by atoms with Crippen LogP contribution in [0.25, 0.3) is 0 Å². The Morgan fingerprint density at radius 2 is 1.74 bits per heavy atom. The van der Waals surface area contributed by atoms with Gasteiger partial charge in [0.15, 0.2) is 0 Å². The van der Waals surface area contributed by atoms with Crippen molar-refractivity contribution < 1.29 is 9.59 Å². The van der Waals surface area contributed by atoms with E-state index in [0.29, 0.717) is 21.4 Å². The molecule has 1 saturated heterocycles. The number of benzene rings is 2. The van der Waals surface area contributed by atoms with Crippen LogP contribution in [0, 0.1) is 0 Å². The van der Waals surface area contributed by atoms with Crippen LogP contribution in [-0.2, 0) is 9.59 Å². The van der Waals surface area contributed by atoms with E-state index in [9.17, 15) is 9.59 Å². The summed E-state index contributed by atoms with van der Waals surface area (Å²) in [7, 11) is 0. The average molecular weight is 370 g/mol. The third-order valence-corrected chi connectivity index (χ3v) is 4.37. The Bertz CT molecular complexity index is 795. The molecule has 2 aromatic carbocycles. The van der Waals surface area contributed by atoms with Gasteiger partial charge in [-0.25, -0.2) is 4.90 Å². The van der Waals surface area contributed by atoms with Crippen LogP contribution in [-0.4, -0.2) is 17.9 Å². The number of nitrogens with zero attached hydrogens (tertiary/aromatic N) is 1. The second-order valence-electron chi connectivity index (χ2n) is 5.04. The molecule has 0 radical (unpaired) electrons. The topological polar surface area (TPSA) is 49.4 Å². The zero-order chi connectivity index (χ0) is 16.6. The molecular weight excluding hydrogens is 359 g/mol. The molecule has 2 amide bonds. The van der Waals surface area contributed by atoms with Crippen LogP contribution < -0.4 is 10.2 Å². The fourth-order valence-electron chi connectivity index (χ4n) is 2.43. The SMILES string of the molecule is O=C1CC(Nc2ccccc2Cl)C(=O)N1c1ccc(Cl)cc1Cl. The van der Waals surface area contributed by atoms with E-state index >= 15 is 0 Å². The summed E-state index contributed by atoms with van der Waals surface area (Å²) in [6, 6.07) is 11.0. The van der Waals surface area contributed by atoms with Crippen molar-refractivity contribution in [2.45, 2.75) is 12.5 Å². The van der Waals surface area contributed by atoms with E-state index in [1.54, 1.807) is 36.4 Å². The maximum absolute atomic E-state index is 12.6. The van der Waals surface area contributed by atoms with Crippen LogP contribution in [0.4, 0.5) is 11.4 Å². The number of hydrogen-bond donors (Lipinski definition) is 1. The first kappa shape index (κ1) is 16.1.